The maximum Gasteiger partial charge on any atom is 0.490 e. The molecule has 2 heterocycles. The van der Waals surface area contributed by atoms with Crippen LogP contribution >= 0.6 is 0 Å². The van der Waals surface area contributed by atoms with E-state index in [1.54, 1.807) is 0 Å². The van der Waals surface area contributed by atoms with Crippen molar-refractivity contribution >= 4 is 17.8 Å². The third-order valence-electron chi connectivity index (χ3n) is 5.43. The number of nitrogens with one attached hydrogen (secondary N) is 2. The second-order valence-corrected chi connectivity index (χ2v) is 7.92. The predicted molar refractivity (Wildman–Crippen MR) is 108 cm³/mol. The number of imidazole rings is 1. The number of hydrogen-bond acceptors (Lipinski definition) is 4. The van der Waals surface area contributed by atoms with Crippen molar-refractivity contribution in [2.24, 2.45) is 24.8 Å². The van der Waals surface area contributed by atoms with Crippen molar-refractivity contribution in [1.82, 2.24) is 14.9 Å². The van der Waals surface area contributed by atoms with Gasteiger partial charge in [0.1, 0.15) is 0 Å². The molecule has 1 amide bonds. The highest BCUT2D eigenvalue weighted by atomic mass is 19.4. The van der Waals surface area contributed by atoms with Gasteiger partial charge in [0.2, 0.25) is 11.9 Å². The summed E-state index contributed by atoms with van der Waals surface area (Å²) in [6, 6.07) is 10.0. The van der Waals surface area contributed by atoms with Crippen molar-refractivity contribution in [3.8, 4) is 11.3 Å². The first-order valence-electron chi connectivity index (χ1n) is 10.1. The molecule has 4 rings (SSSR count). The molecule has 1 aliphatic heterocycles. The Morgan fingerprint density at radius 3 is 2.45 bits per heavy atom. The lowest BCUT2D eigenvalue weighted by Gasteiger charge is -2.17. The fraction of sp³-hybridized carbons (Fsp3) is 0.476. The van der Waals surface area contributed by atoms with Crippen molar-refractivity contribution in [2.75, 3.05) is 18.4 Å². The molecule has 0 spiro atoms. The number of alkyl halides is 3. The Bertz CT molecular complexity index is 910. The van der Waals surface area contributed by atoms with Crippen LogP contribution in [0, 0.1) is 17.8 Å². The lowest BCUT2D eigenvalue weighted by Crippen LogP contribution is -2.30. The van der Waals surface area contributed by atoms with E-state index in [2.05, 4.69) is 15.6 Å². The van der Waals surface area contributed by atoms with Gasteiger partial charge in [-0.1, -0.05) is 43.2 Å². The number of aromatic nitrogens is 2. The van der Waals surface area contributed by atoms with Crippen LogP contribution in [0.15, 0.2) is 36.5 Å². The molecule has 0 radical (unpaired) electrons. The van der Waals surface area contributed by atoms with Crippen molar-refractivity contribution in [3.05, 3.63) is 36.5 Å². The molecular weight excluding hydrogens is 413 g/mol. The number of aliphatic carboxylic acids is 1. The van der Waals surface area contributed by atoms with E-state index in [0.717, 1.165) is 30.3 Å². The van der Waals surface area contributed by atoms with Gasteiger partial charge in [0.15, 0.2) is 0 Å². The Kier molecular flexibility index (Phi) is 6.99. The molecule has 0 bridgehead atoms. The zero-order valence-corrected chi connectivity index (χ0v) is 17.0. The van der Waals surface area contributed by atoms with E-state index in [9.17, 15) is 18.0 Å². The smallest absolute Gasteiger partial charge is 0.475 e. The summed E-state index contributed by atoms with van der Waals surface area (Å²) in [6.45, 7) is 1.74. The maximum absolute atomic E-state index is 12.7. The molecule has 2 fully saturated rings. The number of halogens is 3. The van der Waals surface area contributed by atoms with Crippen molar-refractivity contribution in [1.29, 1.82) is 0 Å². The molecule has 1 aromatic heterocycles. The van der Waals surface area contributed by atoms with E-state index in [0.29, 0.717) is 11.9 Å². The molecule has 2 aromatic rings. The van der Waals surface area contributed by atoms with E-state index in [-0.39, 0.29) is 11.8 Å². The Labute approximate surface area is 177 Å². The molecule has 1 aromatic carbocycles. The fourth-order valence-corrected chi connectivity index (χ4v) is 3.60. The number of rotatable bonds is 5. The molecule has 2 atom stereocenters. The first-order chi connectivity index (χ1) is 14.6. The van der Waals surface area contributed by atoms with Crippen LogP contribution in [0.3, 0.4) is 0 Å². The summed E-state index contributed by atoms with van der Waals surface area (Å²) < 4.78 is 33.6. The quantitative estimate of drug-likeness (QED) is 0.666. The highest BCUT2D eigenvalue weighted by Gasteiger charge is 2.38. The number of carbonyl (C=O) groups excluding carboxylic acids is 1. The number of carboxylic acids is 1. The normalized spacial score (nSPS) is 20.6. The van der Waals surface area contributed by atoms with Gasteiger partial charge in [0.05, 0.1) is 11.6 Å². The lowest BCUT2D eigenvalue weighted by atomic mass is 9.90. The maximum atomic E-state index is 12.7. The number of carboxylic acid groups (broad SMARTS) is 1. The minimum atomic E-state index is -5.08. The molecule has 10 heteroatoms. The second-order valence-electron chi connectivity index (χ2n) is 7.92. The topological polar surface area (TPSA) is 96.3 Å². The molecule has 2 aliphatic rings. The largest absolute Gasteiger partial charge is 0.490 e. The van der Waals surface area contributed by atoms with Crippen molar-refractivity contribution in [2.45, 2.75) is 25.4 Å². The molecule has 1 aliphatic carbocycles. The van der Waals surface area contributed by atoms with E-state index >= 15 is 0 Å². The van der Waals surface area contributed by atoms with Gasteiger partial charge in [-0.25, -0.2) is 9.78 Å². The van der Waals surface area contributed by atoms with Gasteiger partial charge in [-0.3, -0.25) is 10.1 Å². The minimum absolute atomic E-state index is 0.0578. The standard InChI is InChI=1S/C19H24N4O.C2HF3O2/c1-23-12-17(14-5-3-2-4-6-14)21-19(23)22-18(24)16-11-20-10-15(16)9-13-7-8-13;3-2(4,5)1(6)7/h2-6,12-13,15-16,20H,7-11H2,1H3,(H,21,22,24);(H,6,7)/t15-,16-;/m1./s1. The van der Waals surface area contributed by atoms with Gasteiger partial charge < -0.3 is 15.0 Å². The van der Waals surface area contributed by atoms with Gasteiger partial charge in [0.25, 0.3) is 0 Å². The lowest BCUT2D eigenvalue weighted by molar-refractivity contribution is -0.192. The molecule has 7 nitrogen and oxygen atoms in total. The van der Waals surface area contributed by atoms with Gasteiger partial charge in [-0.2, -0.15) is 13.2 Å². The number of carbonyl (C=O) groups is 2. The monoisotopic (exact) mass is 438 g/mol. The molecule has 31 heavy (non-hydrogen) atoms. The summed E-state index contributed by atoms with van der Waals surface area (Å²) in [4.78, 5) is 26.2. The van der Waals surface area contributed by atoms with E-state index in [1.807, 2.05) is 48.1 Å². The van der Waals surface area contributed by atoms with Crippen LogP contribution < -0.4 is 10.6 Å². The Morgan fingerprint density at radius 1 is 1.23 bits per heavy atom. The zero-order valence-electron chi connectivity index (χ0n) is 17.0. The second kappa shape index (κ2) is 9.51. The number of aryl methyl sites for hydroxylation is 1. The Balaban J connectivity index is 0.000000339. The number of nitrogens with zero attached hydrogens (tertiary/aromatic N) is 2. The number of amides is 1. The molecular formula is C21H25F3N4O3. The fourth-order valence-electron chi connectivity index (χ4n) is 3.60. The molecule has 1 saturated carbocycles. The van der Waals surface area contributed by atoms with Crippen molar-refractivity contribution < 1.29 is 27.9 Å². The highest BCUT2D eigenvalue weighted by Crippen LogP contribution is 2.38. The number of benzene rings is 1. The highest BCUT2D eigenvalue weighted by molar-refractivity contribution is 5.92. The molecule has 1 saturated heterocycles. The summed E-state index contributed by atoms with van der Waals surface area (Å²) in [5.41, 5.74) is 1.94. The SMILES string of the molecule is Cn1cc(-c2ccccc2)nc1NC(=O)[C@@H]1CNC[C@H]1CC1CC1.O=C(O)C(F)(F)F. The predicted octanol–water partition coefficient (Wildman–Crippen LogP) is 3.29. The summed E-state index contributed by atoms with van der Waals surface area (Å²) >= 11 is 0. The Hall–Kier alpha value is -2.88. The van der Waals surface area contributed by atoms with Crippen LogP contribution in [0.4, 0.5) is 19.1 Å². The average molecular weight is 438 g/mol. The zero-order chi connectivity index (χ0) is 22.6. The van der Waals surface area contributed by atoms with Gasteiger partial charge in [0, 0.05) is 25.4 Å². The summed E-state index contributed by atoms with van der Waals surface area (Å²) in [5, 5.41) is 13.5. The van der Waals surface area contributed by atoms with Crippen molar-refractivity contribution in [3.63, 3.8) is 0 Å². The molecule has 168 valence electrons. The molecule has 3 N–H and O–H groups in total. The van der Waals surface area contributed by atoms with Crippen LogP contribution in [0.5, 0.6) is 0 Å². The van der Waals surface area contributed by atoms with Crippen LogP contribution in [-0.2, 0) is 16.6 Å². The third kappa shape index (κ3) is 6.30. The van der Waals surface area contributed by atoms with Gasteiger partial charge in [-0.15, -0.1) is 0 Å². The van der Waals surface area contributed by atoms with Crippen LogP contribution in [0.1, 0.15) is 19.3 Å². The van der Waals surface area contributed by atoms with E-state index in [4.69, 9.17) is 9.90 Å². The van der Waals surface area contributed by atoms with E-state index < -0.39 is 12.1 Å². The third-order valence-corrected chi connectivity index (χ3v) is 5.43. The number of hydrogen-bond donors (Lipinski definition) is 3. The molecule has 0 unspecified atom stereocenters. The van der Waals surface area contributed by atoms with Gasteiger partial charge >= 0.3 is 12.1 Å². The van der Waals surface area contributed by atoms with Gasteiger partial charge in [-0.05, 0) is 24.8 Å². The summed E-state index contributed by atoms with van der Waals surface area (Å²) in [6.07, 6.45) is 0.732. The average Bonchev–Trinajstić information content (AvgIpc) is 3.28. The van der Waals surface area contributed by atoms with E-state index in [1.165, 1.54) is 19.3 Å². The van der Waals surface area contributed by atoms with Crippen LogP contribution in [-0.4, -0.2) is 45.8 Å². The number of anilines is 1. The first-order valence-corrected chi connectivity index (χ1v) is 10.1. The van der Waals surface area contributed by atoms with Crippen LogP contribution in [0.25, 0.3) is 11.3 Å². The van der Waals surface area contributed by atoms with Crippen LogP contribution in [0.2, 0.25) is 0 Å². The first kappa shape index (κ1) is 22.8. The summed E-state index contributed by atoms with van der Waals surface area (Å²) in [7, 11) is 1.92. The summed E-state index contributed by atoms with van der Waals surface area (Å²) in [5.74, 6) is -0.667. The minimum Gasteiger partial charge on any atom is -0.475 e. The Morgan fingerprint density at radius 2 is 1.87 bits per heavy atom.